The molecule has 3 heterocycles. The third kappa shape index (κ3) is 2.14. The molecule has 4 nitrogen and oxygen atoms in total. The first-order chi connectivity index (χ1) is 9.32. The maximum Gasteiger partial charge on any atom is 0.496 e. The third-order valence-electron chi connectivity index (χ3n) is 4.19. The number of hydrogen-bond donors (Lipinski definition) is 0. The van der Waals surface area contributed by atoms with Crippen molar-refractivity contribution >= 4 is 29.8 Å². The molecular weight excluding hydrogens is 274 g/mol. The van der Waals surface area contributed by atoms with Crippen LogP contribution in [0.3, 0.4) is 0 Å². The van der Waals surface area contributed by atoms with Gasteiger partial charge in [0.15, 0.2) is 0 Å². The Morgan fingerprint density at radius 3 is 2.40 bits per heavy atom. The highest BCUT2D eigenvalue weighted by Crippen LogP contribution is 2.36. The van der Waals surface area contributed by atoms with E-state index in [1.54, 1.807) is 0 Å². The summed E-state index contributed by atoms with van der Waals surface area (Å²) in [5.41, 5.74) is 2.06. The molecule has 0 spiro atoms. The number of hydrogen-bond acceptors (Lipinski definition) is 3. The molecule has 3 rings (SSSR count). The summed E-state index contributed by atoms with van der Waals surface area (Å²) in [6.45, 7) is 8.20. The van der Waals surface area contributed by atoms with Crippen molar-refractivity contribution in [1.29, 1.82) is 0 Å². The van der Waals surface area contributed by atoms with E-state index in [4.69, 9.17) is 20.9 Å². The smallest absolute Gasteiger partial charge is 0.399 e. The number of halogens is 1. The molecule has 0 saturated carbocycles. The Morgan fingerprint density at radius 2 is 1.80 bits per heavy atom. The van der Waals surface area contributed by atoms with Gasteiger partial charge in [-0.15, -0.1) is 11.6 Å². The van der Waals surface area contributed by atoms with Crippen molar-refractivity contribution in [2.45, 2.75) is 44.8 Å². The van der Waals surface area contributed by atoms with Crippen LogP contribution in [0.15, 0.2) is 24.5 Å². The lowest BCUT2D eigenvalue weighted by Gasteiger charge is -2.32. The van der Waals surface area contributed by atoms with Gasteiger partial charge in [-0.3, -0.25) is 0 Å². The zero-order valence-corrected chi connectivity index (χ0v) is 12.9. The highest BCUT2D eigenvalue weighted by atomic mass is 35.5. The summed E-state index contributed by atoms with van der Waals surface area (Å²) < 4.78 is 14.1. The van der Waals surface area contributed by atoms with Crippen molar-refractivity contribution in [1.82, 2.24) is 9.38 Å². The topological polar surface area (TPSA) is 35.8 Å². The van der Waals surface area contributed by atoms with Gasteiger partial charge in [0, 0.05) is 12.4 Å². The van der Waals surface area contributed by atoms with Crippen LogP contribution in [0.5, 0.6) is 0 Å². The van der Waals surface area contributed by atoms with Crippen LogP contribution in [-0.2, 0) is 15.2 Å². The summed E-state index contributed by atoms with van der Waals surface area (Å²) in [6.07, 6.45) is 3.91. The number of fused-ring (bicyclic) bond motifs is 1. The average molecular weight is 293 g/mol. The second kappa shape index (κ2) is 4.48. The zero-order valence-electron chi connectivity index (χ0n) is 12.2. The summed E-state index contributed by atoms with van der Waals surface area (Å²) in [7, 11) is -0.355. The van der Waals surface area contributed by atoms with Crippen LogP contribution in [0.25, 0.3) is 5.65 Å². The second-order valence-corrected chi connectivity index (χ2v) is 6.45. The number of alkyl halides is 1. The monoisotopic (exact) mass is 292 g/mol. The van der Waals surface area contributed by atoms with Crippen LogP contribution in [0.2, 0.25) is 0 Å². The molecule has 0 amide bonds. The maximum absolute atomic E-state index is 6.05. The minimum absolute atomic E-state index is 0.330. The Kier molecular flexibility index (Phi) is 3.12. The fourth-order valence-corrected chi connectivity index (χ4v) is 2.37. The minimum Gasteiger partial charge on any atom is -0.399 e. The first-order valence-corrected chi connectivity index (χ1v) is 7.25. The van der Waals surface area contributed by atoms with Gasteiger partial charge >= 0.3 is 7.12 Å². The summed E-state index contributed by atoms with van der Waals surface area (Å²) >= 11 is 5.81. The van der Waals surface area contributed by atoms with Gasteiger partial charge in [-0.1, -0.05) is 6.07 Å². The average Bonchev–Trinajstić information content (AvgIpc) is 2.87. The maximum atomic E-state index is 6.05. The highest BCUT2D eigenvalue weighted by molar-refractivity contribution is 6.62. The van der Waals surface area contributed by atoms with Gasteiger partial charge in [-0.25, -0.2) is 4.98 Å². The number of aromatic nitrogens is 2. The molecule has 0 radical (unpaired) electrons. The summed E-state index contributed by atoms with van der Waals surface area (Å²) in [5.74, 6) is 0.410. The summed E-state index contributed by atoms with van der Waals surface area (Å²) in [4.78, 5) is 4.41. The van der Waals surface area contributed by atoms with Crippen LogP contribution >= 0.6 is 11.6 Å². The number of nitrogens with zero attached hydrogens (tertiary/aromatic N) is 2. The number of pyridine rings is 1. The van der Waals surface area contributed by atoms with Crippen LogP contribution in [0.4, 0.5) is 0 Å². The normalized spacial score (nSPS) is 20.8. The molecule has 1 fully saturated rings. The molecule has 0 atom stereocenters. The molecule has 1 aliphatic rings. The minimum atomic E-state index is -0.355. The Morgan fingerprint density at radius 1 is 1.15 bits per heavy atom. The van der Waals surface area contributed by atoms with Crippen LogP contribution in [0, 0.1) is 0 Å². The van der Waals surface area contributed by atoms with Crippen molar-refractivity contribution < 1.29 is 9.31 Å². The fraction of sp³-hybridized carbons (Fsp3) is 0.500. The predicted molar refractivity (Wildman–Crippen MR) is 80.5 cm³/mol. The molecule has 0 N–H and O–H groups in total. The third-order valence-corrected chi connectivity index (χ3v) is 4.46. The Hall–Kier alpha value is -1.04. The van der Waals surface area contributed by atoms with Gasteiger partial charge in [0.25, 0.3) is 0 Å². The predicted octanol–water partition coefficient (Wildman–Crippen LogP) is 2.37. The fourth-order valence-electron chi connectivity index (χ4n) is 2.24. The molecule has 6 heteroatoms. The second-order valence-electron chi connectivity index (χ2n) is 6.18. The SMILES string of the molecule is CC1(C)OB(c2ccc3nc(CCl)cn3c2)OC1(C)C. The standard InChI is InChI=1S/C14H18BClN2O2/c1-13(2)14(3,4)20-15(19-13)10-5-6-12-17-11(7-16)9-18(12)8-10/h5-6,8-9H,7H2,1-4H3. The molecule has 0 aromatic carbocycles. The van der Waals surface area contributed by atoms with E-state index in [2.05, 4.69) is 4.98 Å². The Bertz CT molecular complexity index is 638. The van der Waals surface area contributed by atoms with Gasteiger partial charge in [0.1, 0.15) is 5.65 Å². The van der Waals surface area contributed by atoms with Crippen LogP contribution < -0.4 is 5.46 Å². The van der Waals surface area contributed by atoms with Crippen LogP contribution in [0.1, 0.15) is 33.4 Å². The van der Waals surface area contributed by atoms with Gasteiger partial charge < -0.3 is 13.7 Å². The van der Waals surface area contributed by atoms with E-state index in [1.165, 1.54) is 0 Å². The number of imidazole rings is 1. The lowest BCUT2D eigenvalue weighted by Crippen LogP contribution is -2.41. The molecule has 0 bridgehead atoms. The first kappa shape index (κ1) is 13.9. The van der Waals surface area contributed by atoms with Crippen LogP contribution in [-0.4, -0.2) is 27.7 Å². The molecule has 1 aliphatic heterocycles. The van der Waals surface area contributed by atoms with E-state index in [9.17, 15) is 0 Å². The zero-order chi connectivity index (χ0) is 14.5. The largest absolute Gasteiger partial charge is 0.496 e. The van der Waals surface area contributed by atoms with Gasteiger partial charge in [-0.2, -0.15) is 0 Å². The van der Waals surface area contributed by atoms with Crippen molar-refractivity contribution in [3.05, 3.63) is 30.2 Å². The molecule has 20 heavy (non-hydrogen) atoms. The summed E-state index contributed by atoms with van der Waals surface area (Å²) in [5, 5.41) is 0. The van der Waals surface area contributed by atoms with Gasteiger partial charge in [0.2, 0.25) is 0 Å². The summed E-state index contributed by atoms with van der Waals surface area (Å²) in [6, 6.07) is 3.94. The Balaban J connectivity index is 1.95. The van der Waals surface area contributed by atoms with Gasteiger partial charge in [0.05, 0.1) is 22.8 Å². The lowest BCUT2D eigenvalue weighted by atomic mass is 9.80. The molecule has 1 saturated heterocycles. The van der Waals surface area contributed by atoms with E-state index in [0.717, 1.165) is 16.8 Å². The molecule has 2 aromatic heterocycles. The van der Waals surface area contributed by atoms with Gasteiger partial charge in [-0.05, 0) is 39.2 Å². The Labute approximate surface area is 124 Å². The van der Waals surface area contributed by atoms with Crippen molar-refractivity contribution in [3.8, 4) is 0 Å². The molecule has 106 valence electrons. The molecule has 0 aliphatic carbocycles. The van der Waals surface area contributed by atoms with E-state index in [1.807, 2.05) is 56.6 Å². The quantitative estimate of drug-likeness (QED) is 0.630. The van der Waals surface area contributed by atoms with E-state index in [-0.39, 0.29) is 18.3 Å². The molecular formula is C14H18BClN2O2. The van der Waals surface area contributed by atoms with E-state index < -0.39 is 0 Å². The van der Waals surface area contributed by atoms with E-state index >= 15 is 0 Å². The van der Waals surface area contributed by atoms with Crippen molar-refractivity contribution in [3.63, 3.8) is 0 Å². The van der Waals surface area contributed by atoms with E-state index in [0.29, 0.717) is 5.88 Å². The molecule has 2 aromatic rings. The van der Waals surface area contributed by atoms with Crippen molar-refractivity contribution in [2.24, 2.45) is 0 Å². The van der Waals surface area contributed by atoms with Crippen molar-refractivity contribution in [2.75, 3.05) is 0 Å². The molecule has 0 unspecified atom stereocenters. The number of rotatable bonds is 2. The highest BCUT2D eigenvalue weighted by Gasteiger charge is 2.51. The lowest BCUT2D eigenvalue weighted by molar-refractivity contribution is 0.00578. The first-order valence-electron chi connectivity index (χ1n) is 6.71.